The fourth-order valence-electron chi connectivity index (χ4n) is 3.72. The van der Waals surface area contributed by atoms with Gasteiger partial charge in [-0.25, -0.2) is 0 Å². The maximum absolute atomic E-state index is 12.9. The number of allylic oxidation sites excluding steroid dienone is 1. The Kier molecular flexibility index (Phi) is 7.09. The van der Waals surface area contributed by atoms with E-state index in [4.69, 9.17) is 4.42 Å². The smallest absolute Gasteiger partial charge is 0.289 e. The number of rotatable bonds is 5. The van der Waals surface area contributed by atoms with Gasteiger partial charge in [-0.15, -0.1) is 0 Å². The zero-order valence-electron chi connectivity index (χ0n) is 17.2. The minimum absolute atomic E-state index is 0.0402. The van der Waals surface area contributed by atoms with Crippen molar-refractivity contribution in [1.29, 1.82) is 0 Å². The fourth-order valence-corrected chi connectivity index (χ4v) is 3.72. The Morgan fingerprint density at radius 1 is 1.17 bits per heavy atom. The summed E-state index contributed by atoms with van der Waals surface area (Å²) in [6.07, 6.45) is 4.43. The highest BCUT2D eigenvalue weighted by Gasteiger charge is 2.33. The van der Waals surface area contributed by atoms with Gasteiger partial charge in [-0.05, 0) is 32.4 Å². The lowest BCUT2D eigenvalue weighted by Gasteiger charge is -2.35. The molecule has 1 atom stereocenters. The summed E-state index contributed by atoms with van der Waals surface area (Å²) in [4.78, 5) is 43.4. The average Bonchev–Trinajstić information content (AvgIpc) is 3.12. The summed E-state index contributed by atoms with van der Waals surface area (Å²) in [7, 11) is 0. The molecule has 8 nitrogen and oxygen atoms in total. The van der Waals surface area contributed by atoms with Gasteiger partial charge in [-0.3, -0.25) is 19.3 Å². The van der Waals surface area contributed by atoms with Crippen LogP contribution in [0.3, 0.4) is 0 Å². The molecule has 158 valence electrons. The summed E-state index contributed by atoms with van der Waals surface area (Å²) in [5.74, 6) is 0.0418. The van der Waals surface area contributed by atoms with Crippen molar-refractivity contribution in [2.75, 3.05) is 45.8 Å². The summed E-state index contributed by atoms with van der Waals surface area (Å²) in [5, 5.41) is 2.87. The first kappa shape index (κ1) is 21.1. The summed E-state index contributed by atoms with van der Waals surface area (Å²) in [5.41, 5.74) is 1.19. The molecule has 8 heteroatoms. The van der Waals surface area contributed by atoms with Crippen LogP contribution < -0.4 is 5.32 Å². The fraction of sp³-hybridized carbons (Fsp3) is 0.571. The first-order chi connectivity index (χ1) is 14.0. The standard InChI is InChI=1S/C21H30N4O4/c1-16(2)6-10-23-11-7-22-20(27)17(23)15-19(26)24-8-4-9-25(13-12-24)21(28)18-5-3-14-29-18/h3,5-6,14,17H,4,7-13,15H2,1-2H3,(H,22,27). The minimum atomic E-state index is -0.448. The molecule has 0 saturated carbocycles. The van der Waals surface area contributed by atoms with E-state index in [1.54, 1.807) is 21.9 Å². The monoisotopic (exact) mass is 402 g/mol. The third-order valence-corrected chi connectivity index (χ3v) is 5.41. The lowest BCUT2D eigenvalue weighted by Crippen LogP contribution is -2.56. The van der Waals surface area contributed by atoms with Crippen LogP contribution in [0, 0.1) is 0 Å². The summed E-state index contributed by atoms with van der Waals surface area (Å²) in [6.45, 7) is 8.15. The normalized spacial score (nSPS) is 20.8. The van der Waals surface area contributed by atoms with Gasteiger partial charge in [0.2, 0.25) is 11.8 Å². The van der Waals surface area contributed by atoms with E-state index in [1.165, 1.54) is 11.8 Å². The van der Waals surface area contributed by atoms with Crippen molar-refractivity contribution in [3.63, 3.8) is 0 Å². The van der Waals surface area contributed by atoms with E-state index in [0.29, 0.717) is 51.4 Å². The van der Waals surface area contributed by atoms with Gasteiger partial charge in [-0.1, -0.05) is 11.6 Å². The Labute approximate surface area is 171 Å². The van der Waals surface area contributed by atoms with Gasteiger partial charge in [-0.2, -0.15) is 0 Å². The zero-order valence-corrected chi connectivity index (χ0v) is 17.2. The SMILES string of the molecule is CC(C)=CCN1CCNC(=O)C1CC(=O)N1CCCN(C(=O)c2ccco2)CC1. The lowest BCUT2D eigenvalue weighted by molar-refractivity contribution is -0.138. The number of hydrogen-bond donors (Lipinski definition) is 1. The lowest BCUT2D eigenvalue weighted by atomic mass is 10.1. The first-order valence-corrected chi connectivity index (χ1v) is 10.2. The van der Waals surface area contributed by atoms with Gasteiger partial charge in [0.1, 0.15) is 0 Å². The molecule has 0 spiro atoms. The number of piperazine rings is 1. The van der Waals surface area contributed by atoms with Crippen LogP contribution in [-0.4, -0.2) is 84.3 Å². The third-order valence-electron chi connectivity index (χ3n) is 5.41. The Morgan fingerprint density at radius 3 is 2.66 bits per heavy atom. The number of carbonyl (C=O) groups is 3. The highest BCUT2D eigenvalue weighted by Crippen LogP contribution is 2.14. The van der Waals surface area contributed by atoms with E-state index in [2.05, 4.69) is 16.3 Å². The van der Waals surface area contributed by atoms with E-state index in [9.17, 15) is 14.4 Å². The second-order valence-electron chi connectivity index (χ2n) is 7.79. The summed E-state index contributed by atoms with van der Waals surface area (Å²) < 4.78 is 5.20. The van der Waals surface area contributed by atoms with Gasteiger partial charge < -0.3 is 19.5 Å². The van der Waals surface area contributed by atoms with Crippen LogP contribution in [0.4, 0.5) is 0 Å². The molecule has 0 aromatic carbocycles. The van der Waals surface area contributed by atoms with Crippen molar-refractivity contribution in [3.8, 4) is 0 Å². The van der Waals surface area contributed by atoms with Crippen LogP contribution in [-0.2, 0) is 9.59 Å². The van der Waals surface area contributed by atoms with Crippen molar-refractivity contribution in [3.05, 3.63) is 35.8 Å². The molecule has 3 amide bonds. The Bertz CT molecular complexity index is 755. The van der Waals surface area contributed by atoms with Gasteiger partial charge in [0.15, 0.2) is 5.76 Å². The molecular formula is C21H30N4O4. The molecule has 1 aromatic rings. The Balaban J connectivity index is 1.58. The van der Waals surface area contributed by atoms with Gasteiger partial charge >= 0.3 is 0 Å². The first-order valence-electron chi connectivity index (χ1n) is 10.2. The summed E-state index contributed by atoms with van der Waals surface area (Å²) >= 11 is 0. The van der Waals surface area contributed by atoms with Crippen LogP contribution in [0.25, 0.3) is 0 Å². The van der Waals surface area contributed by atoms with Crippen LogP contribution >= 0.6 is 0 Å². The van der Waals surface area contributed by atoms with Crippen molar-refractivity contribution >= 4 is 17.7 Å². The van der Waals surface area contributed by atoms with Crippen LogP contribution in [0.15, 0.2) is 34.5 Å². The van der Waals surface area contributed by atoms with E-state index in [1.807, 2.05) is 13.8 Å². The van der Waals surface area contributed by atoms with Crippen molar-refractivity contribution in [2.24, 2.45) is 0 Å². The third kappa shape index (κ3) is 5.47. The molecule has 2 aliphatic rings. The molecular weight excluding hydrogens is 372 g/mol. The molecule has 3 rings (SSSR count). The average molecular weight is 402 g/mol. The summed E-state index contributed by atoms with van der Waals surface area (Å²) in [6, 6.07) is 2.90. The highest BCUT2D eigenvalue weighted by atomic mass is 16.3. The number of carbonyl (C=O) groups excluding carboxylic acids is 3. The van der Waals surface area contributed by atoms with Crippen molar-refractivity contribution in [1.82, 2.24) is 20.0 Å². The largest absolute Gasteiger partial charge is 0.459 e. The van der Waals surface area contributed by atoms with Crippen LogP contribution in [0.2, 0.25) is 0 Å². The Morgan fingerprint density at radius 2 is 1.93 bits per heavy atom. The Hall–Kier alpha value is -2.61. The number of hydrogen-bond acceptors (Lipinski definition) is 5. The molecule has 2 fully saturated rings. The molecule has 1 N–H and O–H groups in total. The number of furan rings is 1. The maximum Gasteiger partial charge on any atom is 0.289 e. The quantitative estimate of drug-likeness (QED) is 0.746. The molecule has 0 radical (unpaired) electrons. The molecule has 0 aliphatic carbocycles. The van der Waals surface area contributed by atoms with E-state index in [-0.39, 0.29) is 24.1 Å². The predicted octanol–water partition coefficient (Wildman–Crippen LogP) is 1.11. The molecule has 2 saturated heterocycles. The molecule has 1 unspecified atom stereocenters. The van der Waals surface area contributed by atoms with Crippen LogP contribution in [0.5, 0.6) is 0 Å². The number of nitrogens with zero attached hydrogens (tertiary/aromatic N) is 3. The molecule has 3 heterocycles. The predicted molar refractivity (Wildman–Crippen MR) is 108 cm³/mol. The maximum atomic E-state index is 12.9. The van der Waals surface area contributed by atoms with Gasteiger partial charge in [0.25, 0.3) is 5.91 Å². The van der Waals surface area contributed by atoms with E-state index >= 15 is 0 Å². The second-order valence-corrected chi connectivity index (χ2v) is 7.79. The number of amides is 3. The topological polar surface area (TPSA) is 86.1 Å². The van der Waals surface area contributed by atoms with Crippen LogP contribution in [0.1, 0.15) is 37.2 Å². The van der Waals surface area contributed by atoms with Crippen molar-refractivity contribution < 1.29 is 18.8 Å². The van der Waals surface area contributed by atoms with Crippen molar-refractivity contribution in [2.45, 2.75) is 32.7 Å². The second kappa shape index (κ2) is 9.73. The minimum Gasteiger partial charge on any atom is -0.459 e. The van der Waals surface area contributed by atoms with E-state index in [0.717, 1.165) is 6.54 Å². The van der Waals surface area contributed by atoms with E-state index < -0.39 is 6.04 Å². The molecule has 0 bridgehead atoms. The van der Waals surface area contributed by atoms with Gasteiger partial charge in [0, 0.05) is 45.8 Å². The number of nitrogens with one attached hydrogen (secondary N) is 1. The highest BCUT2D eigenvalue weighted by molar-refractivity contribution is 5.91. The molecule has 1 aromatic heterocycles. The zero-order chi connectivity index (χ0) is 20.8. The molecule has 29 heavy (non-hydrogen) atoms. The molecule has 2 aliphatic heterocycles. The van der Waals surface area contributed by atoms with Gasteiger partial charge in [0.05, 0.1) is 18.7 Å².